The van der Waals surface area contributed by atoms with Gasteiger partial charge in [0.05, 0.1) is 7.11 Å². The molecule has 0 unspecified atom stereocenters. The highest BCUT2D eigenvalue weighted by Crippen LogP contribution is 2.31. The predicted octanol–water partition coefficient (Wildman–Crippen LogP) is 4.87. The minimum atomic E-state index is -0.554. The van der Waals surface area contributed by atoms with Gasteiger partial charge in [0.1, 0.15) is 22.4 Å². The number of rotatable bonds is 3. The van der Waals surface area contributed by atoms with Gasteiger partial charge in [0, 0.05) is 11.4 Å². The largest absolute Gasteiger partial charge is 0.495 e. The molecule has 2 aromatic carbocycles. The average molecular weight is 303 g/mol. The van der Waals surface area contributed by atoms with Crippen molar-refractivity contribution in [1.29, 1.82) is 0 Å². The highest BCUT2D eigenvalue weighted by Gasteiger charge is 2.13. The first-order valence-corrected chi connectivity index (χ1v) is 6.23. The van der Waals surface area contributed by atoms with Crippen LogP contribution in [0, 0.1) is 11.6 Å². The molecule has 0 aliphatic heterocycles. The first kappa shape index (κ1) is 14.1. The van der Waals surface area contributed by atoms with Crippen molar-refractivity contribution in [3.63, 3.8) is 0 Å². The molecular weight excluding hydrogens is 293 g/mol. The third kappa shape index (κ3) is 2.99. The SMILES string of the molecule is COc1ccc(Cc2ccc(F)cc2Cl)c(F)c1Cl. The molecule has 0 saturated carbocycles. The molecule has 1 nitrogen and oxygen atoms in total. The van der Waals surface area contributed by atoms with E-state index < -0.39 is 11.6 Å². The van der Waals surface area contributed by atoms with E-state index in [0.717, 1.165) is 0 Å². The summed E-state index contributed by atoms with van der Waals surface area (Å²) in [7, 11) is 1.41. The molecule has 0 spiro atoms. The third-order valence-corrected chi connectivity index (χ3v) is 3.45. The molecule has 0 radical (unpaired) electrons. The summed E-state index contributed by atoms with van der Waals surface area (Å²) in [6.45, 7) is 0. The van der Waals surface area contributed by atoms with Crippen LogP contribution >= 0.6 is 23.2 Å². The fourth-order valence-electron chi connectivity index (χ4n) is 1.74. The van der Waals surface area contributed by atoms with Crippen LogP contribution in [0.25, 0.3) is 0 Å². The smallest absolute Gasteiger partial charge is 0.149 e. The van der Waals surface area contributed by atoms with Gasteiger partial charge < -0.3 is 4.74 Å². The maximum absolute atomic E-state index is 14.0. The molecule has 0 N–H and O–H groups in total. The van der Waals surface area contributed by atoms with Gasteiger partial charge in [-0.1, -0.05) is 35.3 Å². The topological polar surface area (TPSA) is 9.23 Å². The number of halogens is 4. The Bertz CT molecular complexity index is 615. The lowest BCUT2D eigenvalue weighted by Gasteiger charge is -2.09. The van der Waals surface area contributed by atoms with Gasteiger partial charge in [-0.25, -0.2) is 8.78 Å². The van der Waals surface area contributed by atoms with Gasteiger partial charge in [-0.15, -0.1) is 0 Å². The van der Waals surface area contributed by atoms with Crippen molar-refractivity contribution in [2.24, 2.45) is 0 Å². The van der Waals surface area contributed by atoms with Crippen molar-refractivity contribution >= 4 is 23.2 Å². The quantitative estimate of drug-likeness (QED) is 0.786. The normalized spacial score (nSPS) is 10.6. The Morgan fingerprint density at radius 2 is 1.74 bits per heavy atom. The van der Waals surface area contributed by atoms with E-state index in [1.165, 1.54) is 25.3 Å². The lowest BCUT2D eigenvalue weighted by molar-refractivity contribution is 0.411. The summed E-state index contributed by atoms with van der Waals surface area (Å²) < 4.78 is 31.9. The minimum absolute atomic E-state index is 0.0711. The van der Waals surface area contributed by atoms with Crippen molar-refractivity contribution < 1.29 is 13.5 Å². The van der Waals surface area contributed by atoms with E-state index in [4.69, 9.17) is 27.9 Å². The Labute approximate surface area is 119 Å². The molecule has 0 aliphatic rings. The zero-order valence-electron chi connectivity index (χ0n) is 10.0. The second-order valence-corrected chi connectivity index (χ2v) is 4.75. The van der Waals surface area contributed by atoms with Gasteiger partial charge in [0.25, 0.3) is 0 Å². The summed E-state index contributed by atoms with van der Waals surface area (Å²) in [6.07, 6.45) is 0.231. The summed E-state index contributed by atoms with van der Waals surface area (Å²) in [5.74, 6) is -0.712. The maximum Gasteiger partial charge on any atom is 0.149 e. The fraction of sp³-hybridized carbons (Fsp3) is 0.143. The van der Waals surface area contributed by atoms with Gasteiger partial charge in [-0.05, 0) is 29.3 Å². The van der Waals surface area contributed by atoms with Crippen LogP contribution in [0.15, 0.2) is 30.3 Å². The highest BCUT2D eigenvalue weighted by atomic mass is 35.5. The van der Waals surface area contributed by atoms with E-state index in [1.54, 1.807) is 12.1 Å². The molecule has 0 heterocycles. The third-order valence-electron chi connectivity index (χ3n) is 2.74. The minimum Gasteiger partial charge on any atom is -0.495 e. The summed E-state index contributed by atoms with van der Waals surface area (Å²) >= 11 is 11.7. The Morgan fingerprint density at radius 3 is 2.37 bits per heavy atom. The number of benzene rings is 2. The maximum atomic E-state index is 14.0. The fourth-order valence-corrected chi connectivity index (χ4v) is 2.23. The van der Waals surface area contributed by atoms with Gasteiger partial charge in [-0.2, -0.15) is 0 Å². The molecule has 0 amide bonds. The van der Waals surface area contributed by atoms with E-state index in [1.807, 2.05) is 0 Å². The molecular formula is C14H10Cl2F2O. The van der Waals surface area contributed by atoms with Crippen LogP contribution in [-0.4, -0.2) is 7.11 Å². The van der Waals surface area contributed by atoms with Crippen LogP contribution in [0.5, 0.6) is 5.75 Å². The highest BCUT2D eigenvalue weighted by molar-refractivity contribution is 6.32. The summed E-state index contributed by atoms with van der Waals surface area (Å²) in [5, 5.41) is 0.185. The van der Waals surface area contributed by atoms with E-state index in [0.29, 0.717) is 11.1 Å². The zero-order valence-corrected chi connectivity index (χ0v) is 11.5. The Morgan fingerprint density at radius 1 is 1.05 bits per heavy atom. The van der Waals surface area contributed by atoms with Crippen LogP contribution in [0.4, 0.5) is 8.78 Å². The Hall–Kier alpha value is -1.32. The van der Waals surface area contributed by atoms with Gasteiger partial charge in [0.15, 0.2) is 0 Å². The van der Waals surface area contributed by atoms with E-state index in [-0.39, 0.29) is 22.2 Å². The zero-order chi connectivity index (χ0) is 14.0. The molecule has 5 heteroatoms. The van der Waals surface area contributed by atoms with Gasteiger partial charge in [0.2, 0.25) is 0 Å². The van der Waals surface area contributed by atoms with Crippen LogP contribution < -0.4 is 4.74 Å². The molecule has 2 rings (SSSR count). The number of ether oxygens (including phenoxy) is 1. The average Bonchev–Trinajstić information content (AvgIpc) is 2.38. The molecule has 100 valence electrons. The van der Waals surface area contributed by atoms with Crippen molar-refractivity contribution in [2.45, 2.75) is 6.42 Å². The lowest BCUT2D eigenvalue weighted by Crippen LogP contribution is -1.97. The van der Waals surface area contributed by atoms with Gasteiger partial charge >= 0.3 is 0 Å². The monoisotopic (exact) mass is 302 g/mol. The van der Waals surface area contributed by atoms with E-state index in [2.05, 4.69) is 0 Å². The first-order chi connectivity index (χ1) is 9.02. The Kier molecular flexibility index (Phi) is 4.27. The summed E-state index contributed by atoms with van der Waals surface area (Å²) in [4.78, 5) is 0. The molecule has 0 aromatic heterocycles. The van der Waals surface area contributed by atoms with Crippen LogP contribution in [0.1, 0.15) is 11.1 Å². The second-order valence-electron chi connectivity index (χ2n) is 3.97. The molecule has 0 aliphatic carbocycles. The van der Waals surface area contributed by atoms with Crippen molar-refractivity contribution in [2.75, 3.05) is 7.11 Å². The van der Waals surface area contributed by atoms with Crippen LogP contribution in [0.3, 0.4) is 0 Å². The van der Waals surface area contributed by atoms with Crippen molar-refractivity contribution in [3.05, 3.63) is 63.1 Å². The lowest BCUT2D eigenvalue weighted by atomic mass is 10.0. The Balaban J connectivity index is 2.36. The number of methoxy groups -OCH3 is 1. The molecule has 0 fully saturated rings. The first-order valence-electron chi connectivity index (χ1n) is 5.47. The molecule has 2 aromatic rings. The second kappa shape index (κ2) is 5.76. The van der Waals surface area contributed by atoms with Gasteiger partial charge in [-0.3, -0.25) is 0 Å². The van der Waals surface area contributed by atoms with E-state index in [9.17, 15) is 8.78 Å². The standard InChI is InChI=1S/C14H10Cl2F2O/c1-19-12-5-3-9(14(18)13(12)16)6-8-2-4-10(17)7-11(8)15/h2-5,7H,6H2,1H3. The summed E-state index contributed by atoms with van der Waals surface area (Å²) in [6, 6.07) is 7.15. The predicted molar refractivity (Wildman–Crippen MR) is 72.2 cm³/mol. The van der Waals surface area contributed by atoms with Crippen LogP contribution in [0.2, 0.25) is 10.0 Å². The summed E-state index contributed by atoms with van der Waals surface area (Å²) in [5.41, 5.74) is 1.00. The number of hydrogen-bond donors (Lipinski definition) is 0. The molecule has 0 saturated heterocycles. The molecule has 0 bridgehead atoms. The van der Waals surface area contributed by atoms with Crippen molar-refractivity contribution in [1.82, 2.24) is 0 Å². The van der Waals surface area contributed by atoms with Crippen LogP contribution in [-0.2, 0) is 6.42 Å². The molecule has 19 heavy (non-hydrogen) atoms. The number of hydrogen-bond acceptors (Lipinski definition) is 1. The van der Waals surface area contributed by atoms with E-state index >= 15 is 0 Å². The van der Waals surface area contributed by atoms with Crippen molar-refractivity contribution in [3.8, 4) is 5.75 Å². The molecule has 0 atom stereocenters.